The molecule has 8 rings (SSSR count). The van der Waals surface area contributed by atoms with Gasteiger partial charge >= 0.3 is 12.2 Å². The number of nitrogens with one attached hydrogen (secondary N) is 4. The lowest BCUT2D eigenvalue weighted by molar-refractivity contribution is -0.147. The predicted molar refractivity (Wildman–Crippen MR) is 241 cm³/mol. The van der Waals surface area contributed by atoms with Crippen LogP contribution in [0.1, 0.15) is 105 Å². The maximum Gasteiger partial charge on any atom is 0.407 e. The van der Waals surface area contributed by atoms with E-state index in [9.17, 15) is 19.2 Å². The molecule has 340 valence electrons. The summed E-state index contributed by atoms with van der Waals surface area (Å²) in [7, 11) is 2.58. The Hall–Kier alpha value is -6.00. The van der Waals surface area contributed by atoms with Crippen LogP contribution >= 0.6 is 0 Å². The number of H-pyrrole nitrogens is 2. The lowest BCUT2D eigenvalue weighted by Crippen LogP contribution is -2.51. The van der Waals surface area contributed by atoms with Crippen LogP contribution in [-0.2, 0) is 47.8 Å². The second-order valence-electron chi connectivity index (χ2n) is 17.9. The third-order valence-electron chi connectivity index (χ3n) is 13.1. The van der Waals surface area contributed by atoms with E-state index in [-0.39, 0.29) is 35.7 Å². The fourth-order valence-electron chi connectivity index (χ4n) is 9.83. The van der Waals surface area contributed by atoms with Crippen LogP contribution in [0.2, 0.25) is 0 Å². The van der Waals surface area contributed by atoms with Crippen molar-refractivity contribution in [2.45, 2.75) is 103 Å². The molecule has 2 aromatic heterocycles. The number of nitrogens with zero attached hydrogens (tertiary/aromatic N) is 4. The molecular formula is C48H60N8O8. The molecule has 4 amide bonds. The summed E-state index contributed by atoms with van der Waals surface area (Å²) in [5, 5.41) is 5.44. The minimum absolute atomic E-state index is 0.124. The molecule has 4 atom stereocenters. The first-order valence-electron chi connectivity index (χ1n) is 22.4. The number of fused-ring (bicyclic) bond motifs is 2. The van der Waals surface area contributed by atoms with Gasteiger partial charge in [-0.3, -0.25) is 9.59 Å². The zero-order valence-corrected chi connectivity index (χ0v) is 37.6. The SMILES string of the molecule is C=Cc1nc(C2CCCN2C(=O)[C@H](NC(=O)OC)C(C)C)[nH]c1/C=C\Cc1ccc(-c2ccc3nc(C4CCCN4C(=O)[C@H](NC(=O)OC)C(C)C)[nH]c3c2)c2c1CC1(C2)OCCO1. The van der Waals surface area contributed by atoms with Crippen LogP contribution in [0.15, 0.2) is 43.0 Å². The third kappa shape index (κ3) is 8.77. The summed E-state index contributed by atoms with van der Waals surface area (Å²) < 4.78 is 22.2. The number of carbonyl (C=O) groups is 4. The number of likely N-dealkylation sites (tertiary alicyclic amines) is 2. The number of aromatic nitrogens is 4. The number of ether oxygens (including phenoxy) is 4. The van der Waals surface area contributed by atoms with E-state index in [2.05, 4.69) is 57.5 Å². The van der Waals surface area contributed by atoms with Gasteiger partial charge in [0.15, 0.2) is 5.79 Å². The largest absolute Gasteiger partial charge is 0.453 e. The van der Waals surface area contributed by atoms with Crippen molar-refractivity contribution < 1.29 is 38.1 Å². The summed E-state index contributed by atoms with van der Waals surface area (Å²) in [6, 6.07) is 8.69. The second kappa shape index (κ2) is 18.6. The molecular weight excluding hydrogens is 817 g/mol. The van der Waals surface area contributed by atoms with Crippen LogP contribution in [0.4, 0.5) is 9.59 Å². The van der Waals surface area contributed by atoms with Gasteiger partial charge in [0, 0.05) is 25.9 Å². The fourth-order valence-corrected chi connectivity index (χ4v) is 9.83. The summed E-state index contributed by atoms with van der Waals surface area (Å²) in [4.78, 5) is 72.2. The first kappa shape index (κ1) is 44.6. The van der Waals surface area contributed by atoms with Crippen LogP contribution in [0, 0.1) is 11.8 Å². The number of imidazole rings is 2. The van der Waals surface area contributed by atoms with Crippen molar-refractivity contribution in [1.29, 1.82) is 0 Å². The van der Waals surface area contributed by atoms with Crippen LogP contribution in [0.5, 0.6) is 0 Å². The summed E-state index contributed by atoms with van der Waals surface area (Å²) >= 11 is 0. The molecule has 16 heteroatoms. The van der Waals surface area contributed by atoms with E-state index in [0.29, 0.717) is 57.1 Å². The molecule has 2 aromatic carbocycles. The van der Waals surface area contributed by atoms with Crippen molar-refractivity contribution in [2.75, 3.05) is 40.5 Å². The van der Waals surface area contributed by atoms with E-state index >= 15 is 0 Å². The van der Waals surface area contributed by atoms with E-state index in [1.807, 2.05) is 44.7 Å². The van der Waals surface area contributed by atoms with Gasteiger partial charge in [-0.15, -0.1) is 0 Å². The van der Waals surface area contributed by atoms with Gasteiger partial charge in [-0.1, -0.05) is 58.5 Å². The van der Waals surface area contributed by atoms with Crippen molar-refractivity contribution in [3.8, 4) is 11.1 Å². The Morgan fingerprint density at radius 2 is 1.44 bits per heavy atom. The Bertz CT molecular complexity index is 2450. The lowest BCUT2D eigenvalue weighted by atomic mass is 9.92. The summed E-state index contributed by atoms with van der Waals surface area (Å²) in [5.41, 5.74) is 8.92. The number of alkyl carbamates (subject to hydrolysis) is 2. The normalized spacial score (nSPS) is 20.1. The van der Waals surface area contributed by atoms with Crippen LogP contribution in [0.3, 0.4) is 0 Å². The first-order chi connectivity index (χ1) is 30.8. The number of hydrogen-bond acceptors (Lipinski definition) is 10. The Kier molecular flexibility index (Phi) is 13.0. The van der Waals surface area contributed by atoms with Crippen molar-refractivity contribution in [1.82, 2.24) is 40.4 Å². The highest BCUT2D eigenvalue weighted by Crippen LogP contribution is 2.44. The van der Waals surface area contributed by atoms with Crippen LogP contribution < -0.4 is 10.6 Å². The van der Waals surface area contributed by atoms with Gasteiger partial charge in [0.05, 0.1) is 61.9 Å². The molecule has 0 bridgehead atoms. The quantitative estimate of drug-likeness (QED) is 0.111. The molecule has 1 aliphatic carbocycles. The van der Waals surface area contributed by atoms with Crippen molar-refractivity contribution in [2.24, 2.45) is 11.8 Å². The number of carbonyl (C=O) groups excluding carboxylic acids is 4. The van der Waals surface area contributed by atoms with E-state index in [1.165, 1.54) is 30.9 Å². The standard InChI is InChI=1S/C48H60N8O8/c1-8-34-35(50-42(49-34)38-14-10-20-55(38)44(57)40(27(2)3)53-46(59)61-6)13-9-12-29-16-18-31(33-26-48(25-32(29)33)63-22-23-64-48)30-17-19-36-37(24-30)52-43(51-36)39-15-11-21-56(39)45(58)41(28(4)5)54-47(60)62-7/h8-9,13,16-19,24,27-28,38-41H,1,10-12,14-15,20-23,25-26H2,2-7H3,(H,49,50)(H,51,52)(H,53,59)(H,54,60)/b13-9-/t38?,39?,40-,41-/m1/s1. The zero-order valence-electron chi connectivity index (χ0n) is 37.6. The van der Waals surface area contributed by atoms with Gasteiger partial charge < -0.3 is 49.3 Å². The minimum Gasteiger partial charge on any atom is -0.453 e. The smallest absolute Gasteiger partial charge is 0.407 e. The number of allylic oxidation sites excluding steroid dienone is 1. The van der Waals surface area contributed by atoms with Crippen LogP contribution in [0.25, 0.3) is 34.3 Å². The number of aromatic amines is 2. The number of hydrogen-bond donors (Lipinski definition) is 4. The zero-order chi connectivity index (χ0) is 45.3. The molecule has 64 heavy (non-hydrogen) atoms. The number of amides is 4. The van der Waals surface area contributed by atoms with Gasteiger partial charge in [-0.2, -0.15) is 0 Å². The van der Waals surface area contributed by atoms with E-state index in [0.717, 1.165) is 59.4 Å². The molecule has 2 unspecified atom stereocenters. The molecule has 0 saturated carbocycles. The minimum atomic E-state index is -0.718. The molecule has 4 aromatic rings. The van der Waals surface area contributed by atoms with Gasteiger partial charge in [0.2, 0.25) is 11.8 Å². The molecule has 3 fully saturated rings. The Morgan fingerprint density at radius 3 is 2.02 bits per heavy atom. The van der Waals surface area contributed by atoms with Gasteiger partial charge in [0.25, 0.3) is 0 Å². The van der Waals surface area contributed by atoms with Crippen molar-refractivity contribution in [3.05, 3.63) is 82.7 Å². The Labute approximate surface area is 373 Å². The summed E-state index contributed by atoms with van der Waals surface area (Å²) in [6.07, 6.45) is 9.69. The van der Waals surface area contributed by atoms with Crippen molar-refractivity contribution in [3.63, 3.8) is 0 Å². The monoisotopic (exact) mass is 876 g/mol. The van der Waals surface area contributed by atoms with Gasteiger partial charge in [-0.25, -0.2) is 19.6 Å². The number of methoxy groups -OCH3 is 2. The number of benzene rings is 2. The highest BCUT2D eigenvalue weighted by Gasteiger charge is 2.45. The molecule has 3 aliphatic heterocycles. The van der Waals surface area contributed by atoms with Gasteiger partial charge in [-0.05, 0) is 96.0 Å². The molecule has 16 nitrogen and oxygen atoms in total. The highest BCUT2D eigenvalue weighted by molar-refractivity contribution is 5.88. The second-order valence-corrected chi connectivity index (χ2v) is 17.9. The number of rotatable bonds is 13. The maximum absolute atomic E-state index is 13.8. The van der Waals surface area contributed by atoms with E-state index < -0.39 is 30.1 Å². The topological polar surface area (TPSA) is 193 Å². The Morgan fingerprint density at radius 1 is 0.844 bits per heavy atom. The maximum atomic E-state index is 13.8. The predicted octanol–water partition coefficient (Wildman–Crippen LogP) is 6.78. The highest BCUT2D eigenvalue weighted by atomic mass is 16.7. The first-order valence-corrected chi connectivity index (χ1v) is 22.4. The molecule has 0 radical (unpaired) electrons. The summed E-state index contributed by atoms with van der Waals surface area (Å²) in [6.45, 7) is 13.9. The lowest BCUT2D eigenvalue weighted by Gasteiger charge is -2.30. The van der Waals surface area contributed by atoms with Crippen LogP contribution in [-0.4, -0.2) is 112 Å². The average Bonchev–Trinajstić information content (AvgIpc) is 4.15. The average molecular weight is 877 g/mol. The summed E-state index contributed by atoms with van der Waals surface area (Å²) in [5.74, 6) is 0.153. The molecule has 4 N–H and O–H groups in total. The molecule has 5 heterocycles. The molecule has 3 saturated heterocycles. The van der Waals surface area contributed by atoms with E-state index in [4.69, 9.17) is 28.9 Å². The third-order valence-corrected chi connectivity index (χ3v) is 13.1. The van der Waals surface area contributed by atoms with Gasteiger partial charge in [0.1, 0.15) is 23.7 Å². The Balaban J connectivity index is 1.03. The molecule has 4 aliphatic rings. The van der Waals surface area contributed by atoms with Crippen molar-refractivity contribution >= 4 is 47.2 Å². The molecule has 1 spiro atoms. The fraction of sp³-hybridized carbons (Fsp3) is 0.500. The van der Waals surface area contributed by atoms with E-state index in [1.54, 1.807) is 11.0 Å².